The number of hydrogen-bond acceptors (Lipinski definition) is 3. The molecule has 1 aromatic carbocycles. The Morgan fingerprint density at radius 1 is 1.25 bits per heavy atom. The molecule has 16 heavy (non-hydrogen) atoms. The van der Waals surface area contributed by atoms with E-state index in [1.165, 1.54) is 10.2 Å². The fourth-order valence-corrected chi connectivity index (χ4v) is 1.76. The Labute approximate surface area is 99.1 Å². The number of benzene rings is 1. The van der Waals surface area contributed by atoms with Gasteiger partial charge >= 0.3 is 0 Å². The molecule has 1 aromatic heterocycles. The molecular weight excluding hydrogens is 220 g/mol. The van der Waals surface area contributed by atoms with Gasteiger partial charge in [-0.1, -0.05) is 30.3 Å². The van der Waals surface area contributed by atoms with Crippen molar-refractivity contribution in [1.82, 2.24) is 14.9 Å². The summed E-state index contributed by atoms with van der Waals surface area (Å²) in [5.41, 5.74) is 1.33. The molecule has 0 amide bonds. The van der Waals surface area contributed by atoms with Crippen LogP contribution < -0.4 is 5.84 Å². The van der Waals surface area contributed by atoms with Crippen LogP contribution in [0.25, 0.3) is 0 Å². The van der Waals surface area contributed by atoms with Crippen molar-refractivity contribution in [2.24, 2.45) is 0 Å². The zero-order chi connectivity index (χ0) is 11.4. The van der Waals surface area contributed by atoms with Crippen LogP contribution in [0.15, 0.2) is 30.3 Å². The Morgan fingerprint density at radius 2 is 2.00 bits per heavy atom. The van der Waals surface area contributed by atoms with Crippen molar-refractivity contribution in [1.29, 1.82) is 0 Å². The molecule has 1 heterocycles. The Balaban J connectivity index is 1.89. The molecule has 5 heteroatoms. The topological polar surface area (TPSA) is 59.6 Å². The van der Waals surface area contributed by atoms with Crippen LogP contribution in [-0.2, 0) is 12.8 Å². The van der Waals surface area contributed by atoms with E-state index in [0.717, 1.165) is 25.1 Å². The van der Waals surface area contributed by atoms with E-state index in [2.05, 4.69) is 22.3 Å². The van der Waals surface area contributed by atoms with E-state index < -0.39 is 0 Å². The van der Waals surface area contributed by atoms with Gasteiger partial charge in [-0.2, -0.15) is 5.10 Å². The van der Waals surface area contributed by atoms with Crippen LogP contribution in [0, 0.1) is 4.77 Å². The van der Waals surface area contributed by atoms with E-state index in [0.29, 0.717) is 4.77 Å². The molecule has 0 bridgehead atoms. The van der Waals surface area contributed by atoms with Crippen molar-refractivity contribution in [2.45, 2.75) is 19.3 Å². The lowest BCUT2D eigenvalue weighted by Crippen LogP contribution is -2.12. The molecule has 0 aliphatic heterocycles. The predicted molar refractivity (Wildman–Crippen MR) is 66.0 cm³/mol. The minimum atomic E-state index is 0.467. The summed E-state index contributed by atoms with van der Waals surface area (Å²) in [6, 6.07) is 10.4. The zero-order valence-corrected chi connectivity index (χ0v) is 9.70. The number of aromatic amines is 1. The van der Waals surface area contributed by atoms with Gasteiger partial charge in [0.05, 0.1) is 0 Å². The second-order valence-corrected chi connectivity index (χ2v) is 4.04. The van der Waals surface area contributed by atoms with Crippen LogP contribution in [0.3, 0.4) is 0 Å². The van der Waals surface area contributed by atoms with Crippen LogP contribution in [0.1, 0.15) is 17.8 Å². The highest BCUT2D eigenvalue weighted by atomic mass is 32.1. The normalized spacial score (nSPS) is 10.5. The van der Waals surface area contributed by atoms with E-state index >= 15 is 0 Å². The Bertz CT molecular complexity index is 500. The molecule has 0 fully saturated rings. The average Bonchev–Trinajstić information content (AvgIpc) is 2.62. The fraction of sp³-hybridized carbons (Fsp3) is 0.273. The Morgan fingerprint density at radius 3 is 2.62 bits per heavy atom. The first-order chi connectivity index (χ1) is 7.77. The fourth-order valence-electron chi connectivity index (χ4n) is 1.61. The third-order valence-electron chi connectivity index (χ3n) is 2.49. The van der Waals surface area contributed by atoms with Gasteiger partial charge in [0.1, 0.15) is 0 Å². The third kappa shape index (κ3) is 2.49. The van der Waals surface area contributed by atoms with Crippen LogP contribution >= 0.6 is 12.2 Å². The van der Waals surface area contributed by atoms with Crippen molar-refractivity contribution in [2.75, 3.05) is 5.84 Å². The Hall–Kier alpha value is -1.62. The van der Waals surface area contributed by atoms with Crippen molar-refractivity contribution in [3.63, 3.8) is 0 Å². The molecule has 2 aromatic rings. The van der Waals surface area contributed by atoms with Crippen molar-refractivity contribution in [3.8, 4) is 0 Å². The largest absolute Gasteiger partial charge is 0.335 e. The van der Waals surface area contributed by atoms with Gasteiger partial charge in [0.2, 0.25) is 4.77 Å². The average molecular weight is 234 g/mol. The summed E-state index contributed by atoms with van der Waals surface area (Å²) in [5.74, 6) is 6.51. The minimum Gasteiger partial charge on any atom is -0.335 e. The first-order valence-electron chi connectivity index (χ1n) is 5.22. The summed E-state index contributed by atoms with van der Waals surface area (Å²) in [4.78, 5) is 0. The van der Waals surface area contributed by atoms with Crippen molar-refractivity contribution >= 4 is 12.2 Å². The standard InChI is InChI=1S/C11H14N4S/c12-15-10(13-14-11(15)16)8-4-7-9-5-2-1-3-6-9/h1-3,5-6H,4,7-8,12H2,(H,14,16). The maximum atomic E-state index is 5.70. The molecule has 3 N–H and O–H groups in total. The molecule has 0 aliphatic rings. The summed E-state index contributed by atoms with van der Waals surface area (Å²) >= 11 is 4.94. The van der Waals surface area contributed by atoms with E-state index in [1.807, 2.05) is 18.2 Å². The second-order valence-electron chi connectivity index (χ2n) is 3.65. The highest BCUT2D eigenvalue weighted by Gasteiger charge is 2.02. The van der Waals surface area contributed by atoms with Gasteiger partial charge in [0.25, 0.3) is 0 Å². The monoisotopic (exact) mass is 234 g/mol. The van der Waals surface area contributed by atoms with Gasteiger partial charge in [0.15, 0.2) is 5.82 Å². The summed E-state index contributed by atoms with van der Waals surface area (Å²) in [6.45, 7) is 0. The highest BCUT2D eigenvalue weighted by Crippen LogP contribution is 2.05. The number of hydrogen-bond donors (Lipinski definition) is 2. The molecule has 0 aliphatic carbocycles. The molecule has 0 spiro atoms. The molecule has 0 radical (unpaired) electrons. The lowest BCUT2D eigenvalue weighted by molar-refractivity contribution is 0.739. The van der Waals surface area contributed by atoms with E-state index in [4.69, 9.17) is 18.1 Å². The second kappa shape index (κ2) is 4.94. The van der Waals surface area contributed by atoms with Crippen LogP contribution in [0.2, 0.25) is 0 Å². The van der Waals surface area contributed by atoms with E-state index in [-0.39, 0.29) is 0 Å². The number of aromatic nitrogens is 3. The van der Waals surface area contributed by atoms with Gasteiger partial charge in [-0.15, -0.1) is 0 Å². The highest BCUT2D eigenvalue weighted by molar-refractivity contribution is 7.71. The first kappa shape index (κ1) is 10.9. The number of nitrogens with two attached hydrogens (primary N) is 1. The molecule has 0 saturated heterocycles. The van der Waals surface area contributed by atoms with Crippen LogP contribution in [-0.4, -0.2) is 14.9 Å². The summed E-state index contributed by atoms with van der Waals surface area (Å²) in [6.07, 6.45) is 2.87. The SMILES string of the molecule is Nn1c(CCCc2ccccc2)n[nH]c1=S. The van der Waals surface area contributed by atoms with Gasteiger partial charge in [-0.3, -0.25) is 5.10 Å². The molecule has 2 rings (SSSR count). The summed E-state index contributed by atoms with van der Waals surface area (Å²) in [7, 11) is 0. The van der Waals surface area contributed by atoms with Crippen LogP contribution in [0.4, 0.5) is 0 Å². The smallest absolute Gasteiger partial charge is 0.214 e. The number of aryl methyl sites for hydroxylation is 2. The molecule has 4 nitrogen and oxygen atoms in total. The number of nitrogens with one attached hydrogen (secondary N) is 1. The maximum absolute atomic E-state index is 5.70. The molecule has 0 saturated carbocycles. The Kier molecular flexibility index (Phi) is 3.36. The van der Waals surface area contributed by atoms with Crippen LogP contribution in [0.5, 0.6) is 0 Å². The van der Waals surface area contributed by atoms with Crippen molar-refractivity contribution in [3.05, 3.63) is 46.5 Å². The van der Waals surface area contributed by atoms with Gasteiger partial charge < -0.3 is 5.84 Å². The lowest BCUT2D eigenvalue weighted by atomic mass is 10.1. The minimum absolute atomic E-state index is 0.467. The summed E-state index contributed by atoms with van der Waals surface area (Å²) in [5, 5.41) is 6.74. The van der Waals surface area contributed by atoms with Crippen molar-refractivity contribution < 1.29 is 0 Å². The lowest BCUT2D eigenvalue weighted by Gasteiger charge is -2.01. The van der Waals surface area contributed by atoms with Gasteiger partial charge in [0, 0.05) is 6.42 Å². The predicted octanol–water partition coefficient (Wildman–Crippen LogP) is 1.83. The quantitative estimate of drug-likeness (QED) is 0.626. The summed E-state index contributed by atoms with van der Waals surface area (Å²) < 4.78 is 1.90. The maximum Gasteiger partial charge on any atom is 0.214 e. The number of nitrogen functional groups attached to an aromatic ring is 1. The molecule has 84 valence electrons. The molecule has 0 atom stereocenters. The zero-order valence-electron chi connectivity index (χ0n) is 8.89. The molecular formula is C11H14N4S. The van der Waals surface area contributed by atoms with E-state index in [1.54, 1.807) is 0 Å². The number of nitrogens with zero attached hydrogens (tertiary/aromatic N) is 2. The van der Waals surface area contributed by atoms with E-state index in [9.17, 15) is 0 Å². The number of H-pyrrole nitrogens is 1. The molecule has 0 unspecified atom stereocenters. The third-order valence-corrected chi connectivity index (χ3v) is 2.77. The first-order valence-corrected chi connectivity index (χ1v) is 5.63. The van der Waals surface area contributed by atoms with Gasteiger partial charge in [-0.05, 0) is 30.6 Å². The number of rotatable bonds is 4. The van der Waals surface area contributed by atoms with Gasteiger partial charge in [-0.25, -0.2) is 4.68 Å².